The van der Waals surface area contributed by atoms with Crippen molar-refractivity contribution in [1.82, 2.24) is 5.32 Å². The van der Waals surface area contributed by atoms with Crippen LogP contribution in [0, 0.1) is 11.8 Å². The molecule has 0 amide bonds. The molecule has 0 saturated heterocycles. The lowest BCUT2D eigenvalue weighted by molar-refractivity contribution is 0.465. The lowest BCUT2D eigenvalue weighted by Crippen LogP contribution is -2.13. The maximum absolute atomic E-state index is 9.46. The summed E-state index contributed by atoms with van der Waals surface area (Å²) in [5.41, 5.74) is 0.787. The number of benzene rings is 1. The van der Waals surface area contributed by atoms with Crippen molar-refractivity contribution in [3.63, 3.8) is 0 Å². The molecular formula is C11H12ClNO. The van der Waals surface area contributed by atoms with Crippen molar-refractivity contribution in [2.75, 3.05) is 6.54 Å². The largest absolute Gasteiger partial charge is 0.508 e. The number of phenols is 1. The van der Waals surface area contributed by atoms with Gasteiger partial charge < -0.3 is 10.4 Å². The molecule has 0 bridgehead atoms. The van der Waals surface area contributed by atoms with Gasteiger partial charge in [-0.3, -0.25) is 0 Å². The Hall–Kier alpha value is -1.17. The van der Waals surface area contributed by atoms with E-state index in [1.807, 2.05) is 0 Å². The smallest absolute Gasteiger partial charge is 0.120 e. The number of hydrogen-bond donors (Lipinski definition) is 2. The van der Waals surface area contributed by atoms with Crippen molar-refractivity contribution in [3.8, 4) is 17.6 Å². The molecule has 0 spiro atoms. The Morgan fingerprint density at radius 2 is 2.29 bits per heavy atom. The van der Waals surface area contributed by atoms with Gasteiger partial charge in [-0.05, 0) is 25.1 Å². The molecule has 0 unspecified atom stereocenters. The van der Waals surface area contributed by atoms with E-state index in [0.29, 0.717) is 18.1 Å². The van der Waals surface area contributed by atoms with Crippen LogP contribution in [0.5, 0.6) is 5.75 Å². The average molecular weight is 210 g/mol. The molecule has 0 saturated carbocycles. The Morgan fingerprint density at radius 3 is 3.00 bits per heavy atom. The fourth-order valence-electron chi connectivity index (χ4n) is 1.04. The van der Waals surface area contributed by atoms with Crippen LogP contribution >= 0.6 is 11.6 Å². The molecule has 1 rings (SSSR count). The minimum absolute atomic E-state index is 0.256. The Bertz CT molecular complexity index is 365. The second-order valence-corrected chi connectivity index (χ2v) is 3.24. The molecule has 2 N–H and O–H groups in total. The monoisotopic (exact) mass is 209 g/mol. The molecule has 14 heavy (non-hydrogen) atoms. The molecule has 0 aliphatic carbocycles. The van der Waals surface area contributed by atoms with E-state index < -0.39 is 0 Å². The molecular weight excluding hydrogens is 198 g/mol. The van der Waals surface area contributed by atoms with Crippen molar-refractivity contribution in [1.29, 1.82) is 0 Å². The third-order valence-corrected chi connectivity index (χ3v) is 1.98. The van der Waals surface area contributed by atoms with Crippen LogP contribution in [0.3, 0.4) is 0 Å². The minimum atomic E-state index is 0.256. The molecule has 3 heteroatoms. The van der Waals surface area contributed by atoms with Crippen molar-refractivity contribution in [3.05, 3.63) is 28.8 Å². The molecule has 0 aliphatic heterocycles. The van der Waals surface area contributed by atoms with Crippen LogP contribution in [-0.2, 0) is 6.54 Å². The summed E-state index contributed by atoms with van der Waals surface area (Å²) in [5.74, 6) is 5.91. The topological polar surface area (TPSA) is 32.3 Å². The van der Waals surface area contributed by atoms with Gasteiger partial charge in [0.2, 0.25) is 0 Å². The van der Waals surface area contributed by atoms with E-state index in [0.717, 1.165) is 5.56 Å². The first-order valence-electron chi connectivity index (χ1n) is 4.31. The van der Waals surface area contributed by atoms with Crippen LogP contribution in [0.15, 0.2) is 18.2 Å². The Morgan fingerprint density at radius 1 is 1.50 bits per heavy atom. The zero-order valence-electron chi connectivity index (χ0n) is 7.97. The van der Waals surface area contributed by atoms with E-state index >= 15 is 0 Å². The highest BCUT2D eigenvalue weighted by atomic mass is 35.5. The number of hydrogen-bond acceptors (Lipinski definition) is 2. The number of halogens is 1. The molecule has 1 aromatic rings. The van der Waals surface area contributed by atoms with Gasteiger partial charge in [-0.1, -0.05) is 17.5 Å². The highest BCUT2D eigenvalue weighted by Gasteiger charge is 2.00. The molecule has 2 nitrogen and oxygen atoms in total. The summed E-state index contributed by atoms with van der Waals surface area (Å²) in [7, 11) is 0. The highest BCUT2D eigenvalue weighted by molar-refractivity contribution is 6.30. The summed E-state index contributed by atoms with van der Waals surface area (Å²) in [6, 6.07) is 4.99. The summed E-state index contributed by atoms with van der Waals surface area (Å²) in [6.45, 7) is 2.97. The predicted octanol–water partition coefficient (Wildman–Crippen LogP) is 2.16. The SMILES string of the molecule is CC#CCNCc1cc(Cl)ccc1O. The summed E-state index contributed by atoms with van der Waals surface area (Å²) < 4.78 is 0. The lowest BCUT2D eigenvalue weighted by atomic mass is 10.2. The first-order valence-corrected chi connectivity index (χ1v) is 4.69. The highest BCUT2D eigenvalue weighted by Crippen LogP contribution is 2.20. The minimum Gasteiger partial charge on any atom is -0.508 e. The van der Waals surface area contributed by atoms with Crippen molar-refractivity contribution in [2.24, 2.45) is 0 Å². The predicted molar refractivity (Wildman–Crippen MR) is 58.3 cm³/mol. The number of aromatic hydroxyl groups is 1. The van der Waals surface area contributed by atoms with Crippen molar-refractivity contribution < 1.29 is 5.11 Å². The average Bonchev–Trinajstić information content (AvgIpc) is 2.18. The second kappa shape index (κ2) is 5.54. The molecule has 1 aromatic carbocycles. The van der Waals surface area contributed by atoms with Gasteiger partial charge in [0.15, 0.2) is 0 Å². The van der Waals surface area contributed by atoms with E-state index in [1.54, 1.807) is 25.1 Å². The third kappa shape index (κ3) is 3.29. The molecule has 0 aliphatic rings. The van der Waals surface area contributed by atoms with Gasteiger partial charge in [0, 0.05) is 17.1 Å². The van der Waals surface area contributed by atoms with Crippen LogP contribution in [0.25, 0.3) is 0 Å². The van der Waals surface area contributed by atoms with Gasteiger partial charge in [-0.25, -0.2) is 0 Å². The van der Waals surface area contributed by atoms with Crippen LogP contribution in [0.2, 0.25) is 5.02 Å². The first-order chi connectivity index (χ1) is 6.74. The Labute approximate surface area is 88.9 Å². The molecule has 74 valence electrons. The van der Waals surface area contributed by atoms with Crippen LogP contribution in [0.4, 0.5) is 0 Å². The summed E-state index contributed by atoms with van der Waals surface area (Å²) in [6.07, 6.45) is 0. The van der Waals surface area contributed by atoms with E-state index in [-0.39, 0.29) is 5.75 Å². The van der Waals surface area contributed by atoms with Gasteiger partial charge in [0.1, 0.15) is 5.75 Å². The maximum atomic E-state index is 9.46. The standard InChI is InChI=1S/C11H12ClNO/c1-2-3-6-13-8-9-7-10(12)4-5-11(9)14/h4-5,7,13-14H,6,8H2,1H3. The number of rotatable bonds is 3. The van der Waals surface area contributed by atoms with Crippen LogP contribution < -0.4 is 5.32 Å². The second-order valence-electron chi connectivity index (χ2n) is 2.80. The van der Waals surface area contributed by atoms with Gasteiger partial charge >= 0.3 is 0 Å². The lowest BCUT2D eigenvalue weighted by Gasteiger charge is -2.04. The third-order valence-electron chi connectivity index (χ3n) is 1.75. The zero-order chi connectivity index (χ0) is 10.4. The Kier molecular flexibility index (Phi) is 4.31. The van der Waals surface area contributed by atoms with Crippen LogP contribution in [0.1, 0.15) is 12.5 Å². The quantitative estimate of drug-likeness (QED) is 0.591. The van der Waals surface area contributed by atoms with E-state index in [1.165, 1.54) is 0 Å². The molecule has 0 radical (unpaired) electrons. The fourth-order valence-corrected chi connectivity index (χ4v) is 1.24. The number of nitrogens with one attached hydrogen (secondary N) is 1. The summed E-state index contributed by atoms with van der Waals surface area (Å²) >= 11 is 5.79. The van der Waals surface area contributed by atoms with Crippen LogP contribution in [-0.4, -0.2) is 11.7 Å². The molecule has 0 atom stereocenters. The summed E-state index contributed by atoms with van der Waals surface area (Å²) in [5, 5.41) is 13.2. The van der Waals surface area contributed by atoms with Gasteiger partial charge in [-0.15, -0.1) is 5.92 Å². The normalized spacial score (nSPS) is 9.29. The van der Waals surface area contributed by atoms with Gasteiger partial charge in [-0.2, -0.15) is 0 Å². The Balaban J connectivity index is 2.56. The van der Waals surface area contributed by atoms with E-state index in [2.05, 4.69) is 17.2 Å². The van der Waals surface area contributed by atoms with Gasteiger partial charge in [0.05, 0.1) is 6.54 Å². The zero-order valence-corrected chi connectivity index (χ0v) is 8.73. The van der Waals surface area contributed by atoms with E-state index in [4.69, 9.17) is 11.6 Å². The number of phenolic OH excluding ortho intramolecular Hbond substituents is 1. The van der Waals surface area contributed by atoms with Crippen molar-refractivity contribution >= 4 is 11.6 Å². The summed E-state index contributed by atoms with van der Waals surface area (Å²) in [4.78, 5) is 0. The van der Waals surface area contributed by atoms with E-state index in [9.17, 15) is 5.11 Å². The molecule has 0 heterocycles. The van der Waals surface area contributed by atoms with Crippen molar-refractivity contribution in [2.45, 2.75) is 13.5 Å². The fraction of sp³-hybridized carbons (Fsp3) is 0.273. The maximum Gasteiger partial charge on any atom is 0.120 e. The first kappa shape index (κ1) is 10.9. The van der Waals surface area contributed by atoms with Gasteiger partial charge in [0.25, 0.3) is 0 Å². The molecule has 0 fully saturated rings. The molecule has 0 aromatic heterocycles.